The molecule has 0 N–H and O–H groups in total. The third-order valence-electron chi connectivity index (χ3n) is 8.52. The van der Waals surface area contributed by atoms with Crippen LogP contribution in [-0.4, -0.2) is 38.1 Å². The van der Waals surface area contributed by atoms with Gasteiger partial charge in [0.15, 0.2) is 0 Å². The maximum Gasteiger partial charge on any atom is 1.00 e. The van der Waals surface area contributed by atoms with Crippen LogP contribution in [0.3, 0.4) is 0 Å². The van der Waals surface area contributed by atoms with E-state index < -0.39 is 27.0 Å². The van der Waals surface area contributed by atoms with Crippen LogP contribution in [0.15, 0.2) is 47.4 Å². The zero-order valence-electron chi connectivity index (χ0n) is 31.2. The van der Waals surface area contributed by atoms with Crippen molar-refractivity contribution in [2.45, 2.75) is 173 Å². The van der Waals surface area contributed by atoms with Crippen molar-refractivity contribution < 1.29 is 83.4 Å². The number of hydrogen-bond donors (Lipinski definition) is 0. The molecule has 0 saturated carbocycles. The van der Waals surface area contributed by atoms with Gasteiger partial charge in [-0.25, -0.2) is 18.0 Å². The van der Waals surface area contributed by atoms with Gasteiger partial charge in [0.2, 0.25) is 0 Å². The van der Waals surface area contributed by atoms with E-state index in [1.807, 2.05) is 0 Å². The van der Waals surface area contributed by atoms with Crippen LogP contribution in [0.4, 0.5) is 0 Å². The van der Waals surface area contributed by atoms with Gasteiger partial charge in [0.25, 0.3) is 0 Å². The zero-order chi connectivity index (χ0) is 35.1. The summed E-state index contributed by atoms with van der Waals surface area (Å²) in [5.41, 5.74) is -0.345. The molecule has 1 rings (SSSR count). The first-order valence-electron chi connectivity index (χ1n) is 19.0. The molecule has 0 atom stereocenters. The summed E-state index contributed by atoms with van der Waals surface area (Å²) in [5.74, 6) is -1.55. The van der Waals surface area contributed by atoms with Gasteiger partial charge in [-0.15, -0.1) is 0 Å². The van der Waals surface area contributed by atoms with Crippen LogP contribution in [0.25, 0.3) is 0 Å². The third kappa shape index (κ3) is 26.6. The molecule has 0 aliphatic rings. The van der Waals surface area contributed by atoms with Crippen LogP contribution in [0.5, 0.6) is 0 Å². The molecule has 9 heteroatoms. The van der Waals surface area contributed by atoms with Crippen molar-refractivity contribution in [3.63, 3.8) is 0 Å². The normalized spacial score (nSPS) is 11.7. The molecule has 7 nitrogen and oxygen atoms in total. The molecule has 0 aromatic heterocycles. The van der Waals surface area contributed by atoms with Gasteiger partial charge in [0, 0.05) is 0 Å². The number of hydrogen-bond acceptors (Lipinski definition) is 7. The second-order valence-electron chi connectivity index (χ2n) is 12.8. The Hall–Kier alpha value is -0.814. The van der Waals surface area contributed by atoms with Crippen LogP contribution in [0.2, 0.25) is 0 Å². The number of esters is 2. The van der Waals surface area contributed by atoms with Gasteiger partial charge in [0.1, 0.15) is 10.1 Å². The molecule has 0 aliphatic carbocycles. The number of allylic oxidation sites excluding steroid dienone is 4. The average Bonchev–Trinajstić information content (AvgIpc) is 3.07. The fourth-order valence-electron chi connectivity index (χ4n) is 5.64. The van der Waals surface area contributed by atoms with Crippen molar-refractivity contribution in [2.75, 3.05) is 13.2 Å². The van der Waals surface area contributed by atoms with Gasteiger partial charge < -0.3 is 14.0 Å². The predicted molar refractivity (Wildman–Crippen MR) is 195 cm³/mol. The van der Waals surface area contributed by atoms with E-state index >= 15 is 0 Å². The Kier molecular flexibility index (Phi) is 32.5. The number of unbranched alkanes of at least 4 members (excludes halogenated alkanes) is 20. The van der Waals surface area contributed by atoms with E-state index in [1.165, 1.54) is 89.9 Å². The summed E-state index contributed by atoms with van der Waals surface area (Å²) in [5, 5.41) is 0. The van der Waals surface area contributed by atoms with E-state index in [0.29, 0.717) is 12.8 Å². The number of benzene rings is 1. The summed E-state index contributed by atoms with van der Waals surface area (Å²) in [6.45, 7) is 4.68. The summed E-state index contributed by atoms with van der Waals surface area (Å²) in [6, 6.07) is 3.12. The number of carbonyl (C=O) groups excluding carboxylic acids is 2. The summed E-state index contributed by atoms with van der Waals surface area (Å²) in [6.07, 6.45) is 36.5. The van der Waals surface area contributed by atoms with Crippen LogP contribution in [0.1, 0.15) is 189 Å². The van der Waals surface area contributed by atoms with Crippen LogP contribution in [0, 0.1) is 0 Å². The Balaban J connectivity index is 0.0000230. The molecule has 274 valence electrons. The molecule has 0 heterocycles. The van der Waals surface area contributed by atoms with Gasteiger partial charge in [-0.3, -0.25) is 0 Å². The van der Waals surface area contributed by atoms with E-state index in [-0.39, 0.29) is 75.7 Å². The Labute approximate surface area is 342 Å². The predicted octanol–water partition coefficient (Wildman–Crippen LogP) is 8.42. The minimum absolute atomic E-state index is 0. The fourth-order valence-corrected chi connectivity index (χ4v) is 6.13. The third-order valence-corrected chi connectivity index (χ3v) is 9.35. The molecule has 0 bridgehead atoms. The SMILES string of the molecule is CC/C=C/CCCCCCCCCCCCOC(=O)c1ccc(S(=O)(=O)[O-])cc1C(=O)OCCCCCCCCCCCC/C=C/CC.[K+]. The number of carbonyl (C=O) groups is 2. The molecule has 0 spiro atoms. The minimum Gasteiger partial charge on any atom is -0.744 e. The number of rotatable bonds is 31. The fraction of sp³-hybridized carbons (Fsp3) is 0.700. The quantitative estimate of drug-likeness (QED) is 0.0248. The zero-order valence-corrected chi connectivity index (χ0v) is 35.1. The van der Waals surface area contributed by atoms with Crippen molar-refractivity contribution in [1.82, 2.24) is 0 Å². The topological polar surface area (TPSA) is 110 Å². The Morgan fingerprint density at radius 2 is 0.898 bits per heavy atom. The molecule has 0 fully saturated rings. The number of ether oxygens (including phenoxy) is 2. The van der Waals surface area contributed by atoms with Crippen molar-refractivity contribution in [1.29, 1.82) is 0 Å². The smallest absolute Gasteiger partial charge is 0.744 e. The molecule has 1 aromatic rings. The summed E-state index contributed by atoms with van der Waals surface area (Å²) in [7, 11) is -4.81. The van der Waals surface area contributed by atoms with Crippen molar-refractivity contribution in [3.05, 3.63) is 53.6 Å². The van der Waals surface area contributed by atoms with E-state index in [9.17, 15) is 22.6 Å². The van der Waals surface area contributed by atoms with Crippen molar-refractivity contribution in [3.8, 4) is 0 Å². The molecule has 0 radical (unpaired) electrons. The standard InChI is InChI=1S/C40H66O7S.K/c1-3-5-7-9-11-13-15-17-19-21-23-25-27-29-33-46-39(41)37-32-31-36(48(43,44)45)35-38(37)40(42)47-34-30-28-26-24-22-20-18-16-14-12-10-8-6-4-2;/h5-8,31-32,35H,3-4,9-30,33-34H2,1-2H3,(H,43,44,45);/q;+1/p-1/b7-5+,8-6+;. The van der Waals surface area contributed by atoms with E-state index in [4.69, 9.17) is 9.47 Å². The van der Waals surface area contributed by atoms with Crippen LogP contribution < -0.4 is 51.4 Å². The summed E-state index contributed by atoms with van der Waals surface area (Å²) >= 11 is 0. The maximum atomic E-state index is 12.9. The summed E-state index contributed by atoms with van der Waals surface area (Å²) < 4.78 is 45.6. The molecule has 1 aromatic carbocycles. The van der Waals surface area contributed by atoms with Gasteiger partial charge in [-0.1, -0.05) is 141 Å². The second-order valence-corrected chi connectivity index (χ2v) is 14.2. The first-order chi connectivity index (χ1) is 23.3. The van der Waals surface area contributed by atoms with Gasteiger partial charge in [-0.05, 0) is 69.6 Å². The molecular weight excluding hydrogens is 664 g/mol. The first kappa shape index (κ1) is 48.2. The van der Waals surface area contributed by atoms with Gasteiger partial charge in [0.05, 0.1) is 29.2 Å². The van der Waals surface area contributed by atoms with Crippen LogP contribution in [-0.2, 0) is 19.6 Å². The van der Waals surface area contributed by atoms with Crippen molar-refractivity contribution in [2.24, 2.45) is 0 Å². The molecule has 0 saturated heterocycles. The second kappa shape index (κ2) is 33.1. The molecule has 49 heavy (non-hydrogen) atoms. The Morgan fingerprint density at radius 3 is 1.27 bits per heavy atom. The van der Waals surface area contributed by atoms with Crippen molar-refractivity contribution >= 4 is 22.1 Å². The Morgan fingerprint density at radius 1 is 0.551 bits per heavy atom. The van der Waals surface area contributed by atoms with Crippen LogP contribution >= 0.6 is 0 Å². The average molecular weight is 729 g/mol. The molecule has 0 amide bonds. The first-order valence-corrected chi connectivity index (χ1v) is 20.5. The monoisotopic (exact) mass is 728 g/mol. The minimum atomic E-state index is -4.81. The molecular formula is C40H65KO7S. The largest absolute Gasteiger partial charge is 1.00 e. The maximum absolute atomic E-state index is 12.9. The Bertz CT molecular complexity index is 1150. The van der Waals surface area contributed by atoms with E-state index in [1.54, 1.807) is 0 Å². The molecule has 0 unspecified atom stereocenters. The summed E-state index contributed by atoms with van der Waals surface area (Å²) in [4.78, 5) is 25.1. The van der Waals surface area contributed by atoms with Gasteiger partial charge >= 0.3 is 63.3 Å². The molecule has 0 aliphatic heterocycles. The van der Waals surface area contributed by atoms with E-state index in [0.717, 1.165) is 69.6 Å². The van der Waals surface area contributed by atoms with Gasteiger partial charge in [-0.2, -0.15) is 0 Å². The van der Waals surface area contributed by atoms with E-state index in [2.05, 4.69) is 38.2 Å².